The van der Waals surface area contributed by atoms with Crippen LogP contribution in [0.25, 0.3) is 0 Å². The topological polar surface area (TPSA) is 57.2 Å². The normalized spacial score (nSPS) is 26.4. The minimum absolute atomic E-state index is 0.0879. The molecule has 2 unspecified atom stereocenters. The van der Waals surface area contributed by atoms with E-state index < -0.39 is 0 Å². The van der Waals surface area contributed by atoms with Gasteiger partial charge in [-0.15, -0.1) is 0 Å². The van der Waals surface area contributed by atoms with E-state index in [4.69, 9.17) is 10.5 Å². The maximum Gasteiger partial charge on any atom is 0.355 e. The van der Waals surface area contributed by atoms with Crippen molar-refractivity contribution in [2.24, 2.45) is 5.92 Å². The molecule has 0 saturated heterocycles. The largest absolute Gasteiger partial charge is 0.458 e. The van der Waals surface area contributed by atoms with Gasteiger partial charge in [0, 0.05) is 12.2 Å². The summed E-state index contributed by atoms with van der Waals surface area (Å²) in [4.78, 5) is 12.4. The van der Waals surface area contributed by atoms with Crippen LogP contribution in [0.5, 0.6) is 0 Å². The van der Waals surface area contributed by atoms with Crippen LogP contribution in [0.4, 0.5) is 5.69 Å². The number of nitrogens with two attached hydrogens (primary N) is 1. The molecule has 110 valence electrons. The van der Waals surface area contributed by atoms with Crippen LogP contribution in [0.1, 0.15) is 68.4 Å². The highest BCUT2D eigenvalue weighted by atomic mass is 16.5. The van der Waals surface area contributed by atoms with Gasteiger partial charge >= 0.3 is 5.97 Å². The number of rotatable bonds is 4. The lowest BCUT2D eigenvalue weighted by molar-refractivity contribution is 0.0128. The first-order valence-corrected chi connectivity index (χ1v) is 7.85. The molecule has 4 heteroatoms. The zero-order valence-corrected chi connectivity index (χ0v) is 12.2. The van der Waals surface area contributed by atoms with Gasteiger partial charge in [-0.3, -0.25) is 0 Å². The predicted molar refractivity (Wildman–Crippen MR) is 78.6 cm³/mol. The summed E-state index contributed by atoms with van der Waals surface area (Å²) < 4.78 is 7.72. The Morgan fingerprint density at radius 1 is 1.40 bits per heavy atom. The van der Waals surface area contributed by atoms with Crippen molar-refractivity contribution < 1.29 is 9.53 Å². The Bertz CT molecular complexity index is 491. The van der Waals surface area contributed by atoms with Crippen LogP contribution in [0, 0.1) is 5.92 Å². The molecule has 1 heterocycles. The lowest BCUT2D eigenvalue weighted by Crippen LogP contribution is -2.26. The Labute approximate surface area is 120 Å². The fraction of sp³-hybridized carbons (Fsp3) is 0.688. The number of anilines is 1. The average Bonchev–Trinajstić information content (AvgIpc) is 3.21. The van der Waals surface area contributed by atoms with E-state index >= 15 is 0 Å². The molecule has 1 aromatic rings. The van der Waals surface area contributed by atoms with Gasteiger partial charge in [-0.05, 0) is 44.1 Å². The molecule has 2 atom stereocenters. The Hall–Kier alpha value is -1.45. The molecule has 0 amide bonds. The van der Waals surface area contributed by atoms with Gasteiger partial charge in [0.1, 0.15) is 11.8 Å². The van der Waals surface area contributed by atoms with Crippen molar-refractivity contribution in [3.8, 4) is 0 Å². The second kappa shape index (κ2) is 5.51. The third kappa shape index (κ3) is 2.84. The minimum atomic E-state index is -0.199. The number of hydrogen-bond acceptors (Lipinski definition) is 3. The summed E-state index contributed by atoms with van der Waals surface area (Å²) in [5, 5.41) is 0. The fourth-order valence-corrected chi connectivity index (χ4v) is 3.25. The predicted octanol–water partition coefficient (Wildman–Crippen LogP) is 3.53. The molecule has 1 aromatic heterocycles. The first-order chi connectivity index (χ1) is 9.67. The van der Waals surface area contributed by atoms with Crippen LogP contribution in [-0.2, 0) is 4.74 Å². The van der Waals surface area contributed by atoms with Crippen LogP contribution in [-0.4, -0.2) is 16.6 Å². The number of esters is 1. The molecule has 0 aliphatic heterocycles. The fourth-order valence-electron chi connectivity index (χ4n) is 3.25. The van der Waals surface area contributed by atoms with E-state index in [9.17, 15) is 4.79 Å². The van der Waals surface area contributed by atoms with Gasteiger partial charge in [-0.2, -0.15) is 0 Å². The van der Waals surface area contributed by atoms with Gasteiger partial charge in [0.2, 0.25) is 0 Å². The highest BCUT2D eigenvalue weighted by molar-refractivity contribution is 5.89. The first-order valence-electron chi connectivity index (χ1n) is 7.85. The number of hydrogen-bond donors (Lipinski definition) is 1. The van der Waals surface area contributed by atoms with E-state index in [1.165, 1.54) is 19.3 Å². The Kier molecular flexibility index (Phi) is 3.72. The molecular formula is C16H24N2O2. The third-order valence-electron chi connectivity index (χ3n) is 4.60. The quantitative estimate of drug-likeness (QED) is 0.856. The van der Waals surface area contributed by atoms with E-state index in [2.05, 4.69) is 6.92 Å². The molecule has 0 aromatic carbocycles. The van der Waals surface area contributed by atoms with Gasteiger partial charge < -0.3 is 15.0 Å². The van der Waals surface area contributed by atoms with Crippen molar-refractivity contribution in [2.75, 3.05) is 5.73 Å². The summed E-state index contributed by atoms with van der Waals surface area (Å²) in [5.41, 5.74) is 7.11. The molecule has 0 spiro atoms. The lowest BCUT2D eigenvalue weighted by Gasteiger charge is -2.28. The number of nitrogen functional groups attached to an aromatic ring is 1. The molecule has 2 aliphatic carbocycles. The number of carbonyl (C=O) groups excluding carboxylic acids is 1. The van der Waals surface area contributed by atoms with Gasteiger partial charge in [-0.25, -0.2) is 4.79 Å². The maximum atomic E-state index is 12.4. The van der Waals surface area contributed by atoms with Crippen molar-refractivity contribution in [1.82, 2.24) is 4.57 Å². The lowest BCUT2D eigenvalue weighted by atomic mass is 9.85. The standard InChI is InChI=1S/C16H24N2O2/c1-2-11-4-3-5-14(8-11)20-16(19)15-9-12(17)10-18(15)13-6-7-13/h9-11,13-14H,2-8,17H2,1H3. The van der Waals surface area contributed by atoms with Crippen molar-refractivity contribution in [1.29, 1.82) is 0 Å². The summed E-state index contributed by atoms with van der Waals surface area (Å²) in [7, 11) is 0. The van der Waals surface area contributed by atoms with Gasteiger partial charge in [0.05, 0.1) is 5.69 Å². The SMILES string of the molecule is CCC1CCCC(OC(=O)c2cc(N)cn2C2CC2)C1. The Balaban J connectivity index is 1.67. The van der Waals surface area contributed by atoms with Crippen LogP contribution < -0.4 is 5.73 Å². The first kappa shape index (κ1) is 13.5. The van der Waals surface area contributed by atoms with Crippen LogP contribution in [0.15, 0.2) is 12.3 Å². The number of carbonyl (C=O) groups is 1. The van der Waals surface area contributed by atoms with Crippen LogP contribution in [0.3, 0.4) is 0 Å². The summed E-state index contributed by atoms with van der Waals surface area (Å²) in [6, 6.07) is 2.20. The average molecular weight is 276 g/mol. The molecule has 2 saturated carbocycles. The third-order valence-corrected chi connectivity index (χ3v) is 4.60. The number of nitrogens with zero attached hydrogens (tertiary/aromatic N) is 1. The summed E-state index contributed by atoms with van der Waals surface area (Å²) in [5.74, 6) is 0.511. The molecule has 3 rings (SSSR count). The smallest absolute Gasteiger partial charge is 0.355 e. The summed E-state index contributed by atoms with van der Waals surface area (Å²) >= 11 is 0. The summed E-state index contributed by atoms with van der Waals surface area (Å²) in [6.07, 6.45) is 9.86. The van der Waals surface area contributed by atoms with Crippen LogP contribution in [0.2, 0.25) is 0 Å². The highest BCUT2D eigenvalue weighted by Crippen LogP contribution is 2.37. The van der Waals surface area contributed by atoms with E-state index in [-0.39, 0.29) is 12.1 Å². The van der Waals surface area contributed by atoms with E-state index in [0.29, 0.717) is 23.3 Å². The highest BCUT2D eigenvalue weighted by Gasteiger charge is 2.30. The maximum absolute atomic E-state index is 12.4. The molecule has 2 fully saturated rings. The minimum Gasteiger partial charge on any atom is -0.458 e. The van der Waals surface area contributed by atoms with Crippen LogP contribution >= 0.6 is 0 Å². The molecule has 2 aliphatic rings. The van der Waals surface area contributed by atoms with Gasteiger partial charge in [0.25, 0.3) is 0 Å². The number of aromatic nitrogens is 1. The molecule has 4 nitrogen and oxygen atoms in total. The van der Waals surface area contributed by atoms with E-state index in [1.54, 1.807) is 6.07 Å². The second-order valence-corrected chi connectivity index (χ2v) is 6.27. The molecule has 0 bridgehead atoms. The monoisotopic (exact) mass is 276 g/mol. The summed E-state index contributed by atoms with van der Waals surface area (Å²) in [6.45, 7) is 2.22. The van der Waals surface area contributed by atoms with Crippen molar-refractivity contribution in [3.63, 3.8) is 0 Å². The van der Waals surface area contributed by atoms with E-state index in [0.717, 1.165) is 25.7 Å². The number of ether oxygens (including phenoxy) is 1. The zero-order chi connectivity index (χ0) is 14.1. The van der Waals surface area contributed by atoms with Crippen molar-refractivity contribution in [2.45, 2.75) is 64.0 Å². The molecular weight excluding hydrogens is 252 g/mol. The zero-order valence-electron chi connectivity index (χ0n) is 12.2. The van der Waals surface area contributed by atoms with Crippen molar-refractivity contribution >= 4 is 11.7 Å². The molecule has 2 N–H and O–H groups in total. The van der Waals surface area contributed by atoms with Crippen molar-refractivity contribution in [3.05, 3.63) is 18.0 Å². The molecule has 0 radical (unpaired) electrons. The Morgan fingerprint density at radius 3 is 2.90 bits per heavy atom. The van der Waals surface area contributed by atoms with Gasteiger partial charge in [-0.1, -0.05) is 19.8 Å². The van der Waals surface area contributed by atoms with Gasteiger partial charge in [0.15, 0.2) is 0 Å². The Morgan fingerprint density at radius 2 is 2.20 bits per heavy atom. The second-order valence-electron chi connectivity index (χ2n) is 6.27. The van der Waals surface area contributed by atoms with E-state index in [1.807, 2.05) is 10.8 Å². The molecule has 20 heavy (non-hydrogen) atoms.